The summed E-state index contributed by atoms with van der Waals surface area (Å²) in [5.41, 5.74) is 7.85. The van der Waals surface area contributed by atoms with Crippen LogP contribution < -0.4 is 0 Å². The number of aliphatic hydroxyl groups is 1. The van der Waals surface area contributed by atoms with Crippen molar-refractivity contribution >= 4 is 16.7 Å². The van der Waals surface area contributed by atoms with Gasteiger partial charge in [0.1, 0.15) is 0 Å². The molecule has 0 saturated heterocycles. The Kier molecular flexibility index (Phi) is 10.5. The van der Waals surface area contributed by atoms with E-state index in [0.29, 0.717) is 30.1 Å². The summed E-state index contributed by atoms with van der Waals surface area (Å²) in [6, 6.07) is 19.3. The minimum atomic E-state index is 0. The largest absolute Gasteiger partial charge is 0.512 e. The molecule has 0 unspecified atom stereocenters. The second-order valence-corrected chi connectivity index (χ2v) is 14.3. The summed E-state index contributed by atoms with van der Waals surface area (Å²) in [5.74, 6) is 3.84. The molecule has 1 radical (unpaired) electrons. The number of rotatable bonds is 7. The van der Waals surface area contributed by atoms with Crippen molar-refractivity contribution in [3.8, 4) is 11.3 Å². The molecule has 2 aromatic carbocycles. The molecule has 3 nitrogen and oxygen atoms in total. The van der Waals surface area contributed by atoms with Gasteiger partial charge in [-0.3, -0.25) is 9.78 Å². The smallest absolute Gasteiger partial charge is 0.159 e. The minimum absolute atomic E-state index is 0. The van der Waals surface area contributed by atoms with Crippen LogP contribution >= 0.6 is 0 Å². The monoisotopic (exact) mass is 743 g/mol. The molecule has 0 aliphatic heterocycles. The van der Waals surface area contributed by atoms with Crippen LogP contribution in [0.2, 0.25) is 0 Å². The number of aliphatic hydroxyl groups excluding tert-OH is 1. The van der Waals surface area contributed by atoms with E-state index in [2.05, 4.69) is 62.4 Å². The summed E-state index contributed by atoms with van der Waals surface area (Å²) in [6.45, 7) is 12.3. The third-order valence-electron chi connectivity index (χ3n) is 9.30. The van der Waals surface area contributed by atoms with Crippen molar-refractivity contribution in [1.29, 1.82) is 0 Å². The van der Waals surface area contributed by atoms with Gasteiger partial charge in [0, 0.05) is 44.4 Å². The number of aromatic nitrogens is 1. The zero-order valence-corrected chi connectivity index (χ0v) is 28.7. The van der Waals surface area contributed by atoms with Gasteiger partial charge in [-0.05, 0) is 90.9 Å². The van der Waals surface area contributed by atoms with Crippen LogP contribution in [0, 0.1) is 49.5 Å². The number of pyridine rings is 1. The average Bonchev–Trinajstić information content (AvgIpc) is 2.86. The van der Waals surface area contributed by atoms with Crippen molar-refractivity contribution in [2.45, 2.75) is 98.3 Å². The van der Waals surface area contributed by atoms with E-state index in [9.17, 15) is 9.90 Å². The Morgan fingerprint density at radius 3 is 2.12 bits per heavy atom. The van der Waals surface area contributed by atoms with Gasteiger partial charge in [0.25, 0.3) is 0 Å². The molecule has 4 heteroatoms. The minimum Gasteiger partial charge on any atom is -0.512 e. The molecular formula is C38H48IrNO2-. The second kappa shape index (κ2) is 13.6. The standard InChI is InChI=1S/C27H28N.C11H20O2.Ir/c1-17-7-18(2)9-22(8-17)26-13-24(23-5-3-4-6-25(23)28-26)27-14-19-10-20(15-27)12-21(11-19)16-27;1-8(2)5-10(12)7-11(13)6-9(3)4;/h3-8,13,19-21H,10-12,14-16H2,1-2H3;7-9,12H,5-6H2,1-4H3;/q-1;;/b;10-7-;. The summed E-state index contributed by atoms with van der Waals surface area (Å²) in [6.07, 6.45) is 11.1. The number of aryl methyl sites for hydroxylation is 2. The quantitative estimate of drug-likeness (QED) is 0.149. The van der Waals surface area contributed by atoms with Crippen molar-refractivity contribution in [3.63, 3.8) is 0 Å². The Bertz CT molecular complexity index is 1380. The van der Waals surface area contributed by atoms with Crippen LogP contribution in [0.15, 0.2) is 54.3 Å². The van der Waals surface area contributed by atoms with Crippen LogP contribution in [0.3, 0.4) is 0 Å². The van der Waals surface area contributed by atoms with Crippen molar-refractivity contribution in [3.05, 3.63) is 77.1 Å². The van der Waals surface area contributed by atoms with Crippen molar-refractivity contribution in [2.75, 3.05) is 0 Å². The molecule has 7 rings (SSSR count). The van der Waals surface area contributed by atoms with Gasteiger partial charge in [-0.25, -0.2) is 0 Å². The Hall–Kier alpha value is -2.29. The topological polar surface area (TPSA) is 50.2 Å². The van der Waals surface area contributed by atoms with E-state index in [1.165, 1.54) is 61.1 Å². The van der Waals surface area contributed by atoms with Crippen LogP contribution in [0.1, 0.15) is 95.8 Å². The van der Waals surface area contributed by atoms with E-state index in [4.69, 9.17) is 4.98 Å². The van der Waals surface area contributed by atoms with Crippen LogP contribution in [0.4, 0.5) is 0 Å². The predicted molar refractivity (Wildman–Crippen MR) is 170 cm³/mol. The van der Waals surface area contributed by atoms with Gasteiger partial charge in [0.15, 0.2) is 5.78 Å². The first-order valence-electron chi connectivity index (χ1n) is 15.8. The molecule has 0 amide bonds. The van der Waals surface area contributed by atoms with Crippen LogP contribution in [0.5, 0.6) is 0 Å². The molecule has 4 fully saturated rings. The SMILES string of the molecule is CC(C)CC(=O)/C=C(\O)CC(C)C.Cc1[c-]c(-c2cc(C34CC5CC(CC(C5)C3)C4)c3ccccc3n2)cc(C)c1.[Ir]. The number of para-hydroxylation sites is 1. The van der Waals surface area contributed by atoms with E-state index >= 15 is 0 Å². The van der Waals surface area contributed by atoms with Gasteiger partial charge in [-0.1, -0.05) is 65.8 Å². The number of carbonyl (C=O) groups is 1. The second-order valence-electron chi connectivity index (χ2n) is 14.3. The van der Waals surface area contributed by atoms with E-state index in [-0.39, 0.29) is 31.6 Å². The van der Waals surface area contributed by atoms with Crippen molar-refractivity contribution < 1.29 is 30.0 Å². The number of fused-ring (bicyclic) bond motifs is 1. The molecule has 4 aliphatic carbocycles. The van der Waals surface area contributed by atoms with Gasteiger partial charge >= 0.3 is 0 Å². The first kappa shape index (κ1) is 32.6. The van der Waals surface area contributed by atoms with E-state index in [0.717, 1.165) is 34.5 Å². The number of nitrogens with zero attached hydrogens (tertiary/aromatic N) is 1. The first-order chi connectivity index (χ1) is 19.5. The van der Waals surface area contributed by atoms with E-state index < -0.39 is 0 Å². The summed E-state index contributed by atoms with van der Waals surface area (Å²) >= 11 is 0. The Balaban J connectivity index is 0.000000249. The van der Waals surface area contributed by atoms with Crippen molar-refractivity contribution in [1.82, 2.24) is 4.98 Å². The fourth-order valence-electron chi connectivity index (χ4n) is 8.35. The zero-order chi connectivity index (χ0) is 29.3. The summed E-state index contributed by atoms with van der Waals surface area (Å²) in [4.78, 5) is 16.3. The predicted octanol–water partition coefficient (Wildman–Crippen LogP) is 9.87. The number of carbonyl (C=O) groups excluding carboxylic acids is 1. The normalized spacial score (nSPS) is 24.5. The van der Waals surface area contributed by atoms with Crippen LogP contribution in [-0.2, 0) is 30.3 Å². The molecule has 42 heavy (non-hydrogen) atoms. The maximum absolute atomic E-state index is 11.2. The zero-order valence-electron chi connectivity index (χ0n) is 26.3. The molecule has 1 N–H and O–H groups in total. The maximum Gasteiger partial charge on any atom is 0.159 e. The summed E-state index contributed by atoms with van der Waals surface area (Å²) in [7, 11) is 0. The number of benzene rings is 2. The fourth-order valence-corrected chi connectivity index (χ4v) is 8.35. The number of hydrogen-bond donors (Lipinski definition) is 1. The molecule has 1 aromatic heterocycles. The summed E-state index contributed by atoms with van der Waals surface area (Å²) in [5, 5.41) is 10.7. The van der Waals surface area contributed by atoms with Crippen LogP contribution in [-0.4, -0.2) is 15.9 Å². The molecule has 4 bridgehead atoms. The fraction of sp³-hybridized carbons (Fsp3) is 0.526. The third-order valence-corrected chi connectivity index (χ3v) is 9.30. The van der Waals surface area contributed by atoms with Gasteiger partial charge in [-0.15, -0.1) is 34.9 Å². The van der Waals surface area contributed by atoms with Gasteiger partial charge < -0.3 is 5.11 Å². The molecule has 0 spiro atoms. The molecular weight excluding hydrogens is 695 g/mol. The van der Waals surface area contributed by atoms with Gasteiger partial charge in [0.05, 0.1) is 11.3 Å². The Morgan fingerprint density at radius 1 is 0.952 bits per heavy atom. The van der Waals surface area contributed by atoms with Gasteiger partial charge in [-0.2, -0.15) is 0 Å². The van der Waals surface area contributed by atoms with Crippen LogP contribution in [0.25, 0.3) is 22.2 Å². The summed E-state index contributed by atoms with van der Waals surface area (Å²) < 4.78 is 0. The van der Waals surface area contributed by atoms with Gasteiger partial charge in [0.2, 0.25) is 0 Å². The molecule has 3 aromatic rings. The van der Waals surface area contributed by atoms with E-state index in [1.54, 1.807) is 5.56 Å². The molecule has 227 valence electrons. The molecule has 0 atom stereocenters. The van der Waals surface area contributed by atoms with E-state index in [1.807, 2.05) is 27.7 Å². The first-order valence-corrected chi connectivity index (χ1v) is 15.8. The third kappa shape index (κ3) is 7.61. The maximum atomic E-state index is 11.2. The Morgan fingerprint density at radius 2 is 1.55 bits per heavy atom. The number of ketones is 1. The number of hydrogen-bond acceptors (Lipinski definition) is 3. The molecule has 4 aliphatic rings. The Labute approximate surface area is 267 Å². The molecule has 1 heterocycles. The molecule has 4 saturated carbocycles. The average molecular weight is 743 g/mol. The number of allylic oxidation sites excluding steroid dienone is 2. The van der Waals surface area contributed by atoms with Crippen molar-refractivity contribution in [2.24, 2.45) is 29.6 Å².